The highest BCUT2D eigenvalue weighted by molar-refractivity contribution is 8.22. The zero-order valence-electron chi connectivity index (χ0n) is 15.5. The third-order valence-electron chi connectivity index (χ3n) is 4.82. The molecule has 0 N–H and O–H groups in total. The van der Waals surface area contributed by atoms with E-state index in [0.29, 0.717) is 16.4 Å². The molecule has 0 bridgehead atoms. The van der Waals surface area contributed by atoms with Gasteiger partial charge in [0.25, 0.3) is 5.19 Å². The number of carbonyl (C=O) groups excluding carboxylic acids is 1. The molecule has 0 radical (unpaired) electrons. The molecule has 2 aliphatic rings. The van der Waals surface area contributed by atoms with Crippen molar-refractivity contribution < 1.29 is 9.53 Å². The van der Waals surface area contributed by atoms with Crippen LogP contribution in [-0.4, -0.2) is 52.5 Å². The molecule has 1 aliphatic heterocycles. The van der Waals surface area contributed by atoms with E-state index >= 15 is 0 Å². The molecule has 1 fully saturated rings. The average Bonchev–Trinajstić information content (AvgIpc) is 3.37. The number of rotatable bonds is 6. The molecule has 1 aromatic heterocycles. The molecule has 2 heterocycles. The van der Waals surface area contributed by atoms with Crippen LogP contribution in [0.5, 0.6) is 5.19 Å². The molecule has 1 saturated carbocycles. The molecule has 1 unspecified atom stereocenters. The molecule has 3 rings (SSSR count). The summed E-state index contributed by atoms with van der Waals surface area (Å²) in [4.78, 5) is 17.5. The Morgan fingerprint density at radius 1 is 1.31 bits per heavy atom. The van der Waals surface area contributed by atoms with Crippen molar-refractivity contribution in [2.75, 3.05) is 24.1 Å². The summed E-state index contributed by atoms with van der Waals surface area (Å²) in [5, 5.41) is 12.6. The molecular formula is C17H26N4O2S3. The van der Waals surface area contributed by atoms with Gasteiger partial charge in [-0.25, -0.2) is 4.79 Å². The van der Waals surface area contributed by atoms with Crippen molar-refractivity contribution in [1.82, 2.24) is 15.1 Å². The Kier molecular flexibility index (Phi) is 7.11. The smallest absolute Gasteiger partial charge is 0.326 e. The fourth-order valence-electron chi connectivity index (χ4n) is 3.21. The summed E-state index contributed by atoms with van der Waals surface area (Å²) in [7, 11) is 3.65. The summed E-state index contributed by atoms with van der Waals surface area (Å²) < 4.78 is 6.03. The van der Waals surface area contributed by atoms with Crippen LogP contribution in [0.4, 0.5) is 9.93 Å². The van der Waals surface area contributed by atoms with Crippen LogP contribution in [0, 0.1) is 0 Å². The number of anilines is 1. The van der Waals surface area contributed by atoms with Gasteiger partial charge in [-0.15, -0.1) is 28.6 Å². The quantitative estimate of drug-likeness (QED) is 0.667. The molecule has 26 heavy (non-hydrogen) atoms. The summed E-state index contributed by atoms with van der Waals surface area (Å²) in [5.41, 5.74) is 0. The highest BCUT2D eigenvalue weighted by Gasteiger charge is 2.27. The van der Waals surface area contributed by atoms with E-state index in [1.54, 1.807) is 23.7 Å². The summed E-state index contributed by atoms with van der Waals surface area (Å²) in [6.07, 6.45) is 6.75. The first-order chi connectivity index (χ1) is 12.6. The largest absolute Gasteiger partial charge is 0.460 e. The van der Waals surface area contributed by atoms with Crippen LogP contribution in [0.15, 0.2) is 10.3 Å². The van der Waals surface area contributed by atoms with Gasteiger partial charge in [0.05, 0.1) is 0 Å². The average molecular weight is 415 g/mol. The third kappa shape index (κ3) is 4.67. The topological polar surface area (TPSA) is 58.6 Å². The van der Waals surface area contributed by atoms with Crippen LogP contribution < -0.4 is 9.64 Å². The number of aromatic nitrogens is 2. The molecule has 144 valence electrons. The van der Waals surface area contributed by atoms with Crippen LogP contribution in [0.25, 0.3) is 0 Å². The number of carbonyl (C=O) groups is 1. The summed E-state index contributed by atoms with van der Waals surface area (Å²) in [5.74, 6) is 0. The van der Waals surface area contributed by atoms with Crippen molar-refractivity contribution >= 4 is 46.0 Å². The number of amides is 2. The SMILES string of the molecule is CCC(Oc1nnc(N(C)C(=O)N(C)C2CCCCC2)s1)C1=CSCS1. The minimum atomic E-state index is -0.0305. The fourth-order valence-corrected chi connectivity index (χ4v) is 6.19. The molecule has 1 aliphatic carbocycles. The number of urea groups is 1. The standard InChI is InChI=1S/C17H26N4O2S3/c1-4-13(14-10-24-11-25-14)23-16-19-18-15(26-16)21(3)17(22)20(2)12-8-6-5-7-9-12/h10,12-13H,4-9,11H2,1-3H3. The Morgan fingerprint density at radius 2 is 2.08 bits per heavy atom. The Bertz CT molecular complexity index is 646. The first-order valence-electron chi connectivity index (χ1n) is 9.05. The summed E-state index contributed by atoms with van der Waals surface area (Å²) in [6, 6.07) is 0.299. The van der Waals surface area contributed by atoms with Crippen LogP contribution in [0.3, 0.4) is 0 Å². The van der Waals surface area contributed by atoms with E-state index in [9.17, 15) is 4.79 Å². The van der Waals surface area contributed by atoms with E-state index in [4.69, 9.17) is 4.74 Å². The lowest BCUT2D eigenvalue weighted by atomic mass is 9.95. The van der Waals surface area contributed by atoms with Gasteiger partial charge in [-0.3, -0.25) is 4.90 Å². The van der Waals surface area contributed by atoms with Crippen LogP contribution in [0.2, 0.25) is 0 Å². The monoisotopic (exact) mass is 414 g/mol. The fraction of sp³-hybridized carbons (Fsp3) is 0.706. The Labute approximate surface area is 167 Å². The molecule has 0 spiro atoms. The van der Waals surface area contributed by atoms with Crippen LogP contribution >= 0.6 is 34.9 Å². The van der Waals surface area contributed by atoms with E-state index in [-0.39, 0.29) is 12.1 Å². The van der Waals surface area contributed by atoms with Gasteiger partial charge in [0.15, 0.2) is 0 Å². The lowest BCUT2D eigenvalue weighted by molar-refractivity contribution is 0.181. The first-order valence-corrected chi connectivity index (χ1v) is 11.9. The van der Waals surface area contributed by atoms with Crippen molar-refractivity contribution in [3.63, 3.8) is 0 Å². The zero-order valence-corrected chi connectivity index (χ0v) is 18.0. The van der Waals surface area contributed by atoms with E-state index in [1.165, 1.54) is 35.5 Å². The minimum Gasteiger partial charge on any atom is -0.460 e. The van der Waals surface area contributed by atoms with Crippen molar-refractivity contribution in [3.05, 3.63) is 10.3 Å². The maximum atomic E-state index is 12.8. The van der Waals surface area contributed by atoms with E-state index in [1.807, 2.05) is 23.7 Å². The van der Waals surface area contributed by atoms with Gasteiger partial charge in [-0.05, 0) is 36.0 Å². The van der Waals surface area contributed by atoms with Gasteiger partial charge in [0, 0.05) is 30.1 Å². The Hall–Kier alpha value is -0.930. The Morgan fingerprint density at radius 3 is 2.73 bits per heavy atom. The maximum absolute atomic E-state index is 12.8. The lowest BCUT2D eigenvalue weighted by Gasteiger charge is -2.33. The molecular weight excluding hydrogens is 388 g/mol. The highest BCUT2D eigenvalue weighted by Crippen LogP contribution is 2.37. The first kappa shape index (κ1) is 19.8. The normalized spacial score (nSPS) is 19.1. The highest BCUT2D eigenvalue weighted by atomic mass is 32.2. The number of ether oxygens (including phenoxy) is 1. The minimum absolute atomic E-state index is 0.0155. The molecule has 9 heteroatoms. The van der Waals surface area contributed by atoms with Gasteiger partial charge >= 0.3 is 6.03 Å². The predicted octanol–water partition coefficient (Wildman–Crippen LogP) is 4.80. The van der Waals surface area contributed by atoms with Crippen molar-refractivity contribution in [3.8, 4) is 5.19 Å². The van der Waals surface area contributed by atoms with Gasteiger partial charge in [0.2, 0.25) is 5.13 Å². The number of nitrogens with zero attached hydrogens (tertiary/aromatic N) is 4. The molecule has 0 aromatic carbocycles. The van der Waals surface area contributed by atoms with Gasteiger partial charge < -0.3 is 9.64 Å². The van der Waals surface area contributed by atoms with Crippen LogP contribution in [-0.2, 0) is 0 Å². The van der Waals surface area contributed by atoms with Gasteiger partial charge in [-0.2, -0.15) is 0 Å². The van der Waals surface area contributed by atoms with Crippen molar-refractivity contribution in [1.29, 1.82) is 0 Å². The third-order valence-corrected chi connectivity index (χ3v) is 8.01. The maximum Gasteiger partial charge on any atom is 0.326 e. The Balaban J connectivity index is 1.61. The number of thioether (sulfide) groups is 2. The van der Waals surface area contributed by atoms with Gasteiger partial charge in [-0.1, -0.05) is 31.3 Å². The zero-order chi connectivity index (χ0) is 18.5. The van der Waals surface area contributed by atoms with Gasteiger partial charge in [0.1, 0.15) is 6.10 Å². The summed E-state index contributed by atoms with van der Waals surface area (Å²) in [6.45, 7) is 2.10. The molecule has 1 atom stereocenters. The van der Waals surface area contributed by atoms with E-state index in [0.717, 1.165) is 24.3 Å². The van der Waals surface area contributed by atoms with E-state index in [2.05, 4.69) is 22.5 Å². The van der Waals surface area contributed by atoms with E-state index < -0.39 is 0 Å². The predicted molar refractivity (Wildman–Crippen MR) is 111 cm³/mol. The van der Waals surface area contributed by atoms with Crippen molar-refractivity contribution in [2.24, 2.45) is 0 Å². The second-order valence-electron chi connectivity index (χ2n) is 6.56. The number of hydrogen-bond acceptors (Lipinski definition) is 7. The summed E-state index contributed by atoms with van der Waals surface area (Å²) >= 11 is 4.94. The van der Waals surface area contributed by atoms with Crippen LogP contribution in [0.1, 0.15) is 45.4 Å². The second-order valence-corrected chi connectivity index (χ2v) is 9.75. The molecule has 0 saturated heterocycles. The lowest BCUT2D eigenvalue weighted by Crippen LogP contribution is -2.45. The number of hydrogen-bond donors (Lipinski definition) is 0. The second kappa shape index (κ2) is 9.32. The molecule has 1 aromatic rings. The van der Waals surface area contributed by atoms with Crippen molar-refractivity contribution in [2.45, 2.75) is 57.6 Å². The molecule has 2 amide bonds. The molecule has 6 nitrogen and oxygen atoms in total.